The van der Waals surface area contributed by atoms with Crippen LogP contribution in [0, 0.1) is 11.3 Å². The molecule has 0 aliphatic heterocycles. The van der Waals surface area contributed by atoms with Crippen molar-refractivity contribution in [3.05, 3.63) is 42.5 Å². The summed E-state index contributed by atoms with van der Waals surface area (Å²) in [5.74, 6) is 0. The van der Waals surface area contributed by atoms with Gasteiger partial charge in [-0.15, -0.1) is 0 Å². The second kappa shape index (κ2) is 5.45. The van der Waals surface area contributed by atoms with Crippen LogP contribution in [0.3, 0.4) is 0 Å². The van der Waals surface area contributed by atoms with Crippen molar-refractivity contribution in [2.24, 2.45) is 0 Å². The molecule has 1 N–H and O–H groups in total. The molecule has 0 saturated heterocycles. The lowest BCUT2D eigenvalue weighted by Gasteiger charge is -2.04. The third-order valence-electron chi connectivity index (χ3n) is 1.59. The van der Waals surface area contributed by atoms with Crippen molar-refractivity contribution in [3.63, 3.8) is 0 Å². The van der Waals surface area contributed by atoms with Gasteiger partial charge in [0, 0.05) is 5.69 Å². The molecule has 0 aliphatic carbocycles. The molecule has 0 saturated carbocycles. The highest BCUT2D eigenvalue weighted by Gasteiger charge is 2.01. The number of nitriles is 1. The van der Waals surface area contributed by atoms with E-state index in [1.54, 1.807) is 24.3 Å². The van der Waals surface area contributed by atoms with Gasteiger partial charge in [-0.2, -0.15) is 5.26 Å². The molecule has 0 atom stereocenters. The van der Waals surface area contributed by atoms with Crippen LogP contribution in [0.1, 0.15) is 5.56 Å². The fourth-order valence-corrected chi connectivity index (χ4v) is 0.917. The van der Waals surface area contributed by atoms with E-state index in [2.05, 4.69) is 11.9 Å². The molecule has 0 aliphatic rings. The number of hydrogen-bond acceptors (Lipinski definition) is 3. The fraction of sp³-hybridized carbons (Fsp3) is 0.0909. The van der Waals surface area contributed by atoms with Gasteiger partial charge in [0.25, 0.3) is 0 Å². The molecule has 4 heteroatoms. The quantitative estimate of drug-likeness (QED) is 0.765. The van der Waals surface area contributed by atoms with Gasteiger partial charge in [-0.25, -0.2) is 4.79 Å². The molecule has 0 aromatic heterocycles. The van der Waals surface area contributed by atoms with Crippen LogP contribution in [0.4, 0.5) is 10.5 Å². The Hall–Kier alpha value is -2.28. The molecule has 0 spiro atoms. The zero-order valence-corrected chi connectivity index (χ0v) is 8.06. The Labute approximate surface area is 87.8 Å². The number of nitrogens with one attached hydrogen (secondary N) is 1. The van der Waals surface area contributed by atoms with Crippen molar-refractivity contribution in [2.75, 3.05) is 11.9 Å². The third-order valence-corrected chi connectivity index (χ3v) is 1.59. The Kier molecular flexibility index (Phi) is 3.92. The zero-order chi connectivity index (χ0) is 11.1. The minimum Gasteiger partial charge on any atom is -0.445 e. The molecule has 4 nitrogen and oxygen atoms in total. The topological polar surface area (TPSA) is 62.1 Å². The number of benzene rings is 1. The molecule has 1 aromatic carbocycles. The van der Waals surface area contributed by atoms with Crippen LogP contribution < -0.4 is 5.32 Å². The first-order valence-corrected chi connectivity index (χ1v) is 4.31. The first kappa shape index (κ1) is 10.8. The van der Waals surface area contributed by atoms with Gasteiger partial charge < -0.3 is 4.74 Å². The largest absolute Gasteiger partial charge is 0.445 e. The highest BCUT2D eigenvalue weighted by Crippen LogP contribution is 2.08. The summed E-state index contributed by atoms with van der Waals surface area (Å²) >= 11 is 0. The summed E-state index contributed by atoms with van der Waals surface area (Å²) < 4.78 is 4.72. The van der Waals surface area contributed by atoms with Crippen molar-refractivity contribution in [1.29, 1.82) is 5.26 Å². The number of ether oxygens (including phenoxy) is 1. The second-order valence-corrected chi connectivity index (χ2v) is 2.70. The minimum absolute atomic E-state index is 0.169. The lowest BCUT2D eigenvalue weighted by molar-refractivity contribution is 0.174. The Bertz CT molecular complexity index is 390. The molecule has 0 unspecified atom stereocenters. The SMILES string of the molecule is C=CCOC(=O)Nc1ccc(C#N)cc1. The van der Waals surface area contributed by atoms with Gasteiger partial charge in [-0.3, -0.25) is 5.32 Å². The van der Waals surface area contributed by atoms with Gasteiger partial charge in [0.2, 0.25) is 0 Å². The minimum atomic E-state index is -0.542. The summed E-state index contributed by atoms with van der Waals surface area (Å²) in [6.07, 6.45) is 0.942. The highest BCUT2D eigenvalue weighted by molar-refractivity contribution is 5.84. The number of hydrogen-bond donors (Lipinski definition) is 1. The number of anilines is 1. The van der Waals surface area contributed by atoms with E-state index in [-0.39, 0.29) is 6.61 Å². The Morgan fingerprint density at radius 1 is 1.53 bits per heavy atom. The molecule has 1 aromatic rings. The monoisotopic (exact) mass is 202 g/mol. The van der Waals surface area contributed by atoms with E-state index in [1.165, 1.54) is 6.08 Å². The maximum absolute atomic E-state index is 11.1. The smallest absolute Gasteiger partial charge is 0.411 e. The van der Waals surface area contributed by atoms with Gasteiger partial charge in [0.05, 0.1) is 11.6 Å². The van der Waals surface area contributed by atoms with Crippen molar-refractivity contribution in [2.45, 2.75) is 0 Å². The molecule has 0 radical (unpaired) electrons. The van der Waals surface area contributed by atoms with E-state index in [0.717, 1.165) is 0 Å². The Balaban J connectivity index is 2.54. The van der Waals surface area contributed by atoms with E-state index in [9.17, 15) is 4.79 Å². The number of nitrogens with zero attached hydrogens (tertiary/aromatic N) is 1. The molecular weight excluding hydrogens is 192 g/mol. The fourth-order valence-electron chi connectivity index (χ4n) is 0.917. The van der Waals surface area contributed by atoms with Crippen LogP contribution in [0.2, 0.25) is 0 Å². The molecule has 15 heavy (non-hydrogen) atoms. The van der Waals surface area contributed by atoms with Crippen molar-refractivity contribution in [1.82, 2.24) is 0 Å². The van der Waals surface area contributed by atoms with E-state index in [4.69, 9.17) is 10.00 Å². The number of rotatable bonds is 3. The van der Waals surface area contributed by atoms with Crippen LogP contribution in [0.5, 0.6) is 0 Å². The lowest BCUT2D eigenvalue weighted by Crippen LogP contribution is -2.13. The van der Waals surface area contributed by atoms with Crippen LogP contribution >= 0.6 is 0 Å². The molecule has 0 heterocycles. The van der Waals surface area contributed by atoms with E-state index < -0.39 is 6.09 Å². The van der Waals surface area contributed by atoms with Crippen LogP contribution in [0.25, 0.3) is 0 Å². The second-order valence-electron chi connectivity index (χ2n) is 2.70. The Morgan fingerprint density at radius 2 is 2.20 bits per heavy atom. The van der Waals surface area contributed by atoms with E-state index in [1.807, 2.05) is 6.07 Å². The normalized spacial score (nSPS) is 8.73. The van der Waals surface area contributed by atoms with Gasteiger partial charge in [-0.1, -0.05) is 12.7 Å². The molecule has 0 bridgehead atoms. The number of amides is 1. The van der Waals surface area contributed by atoms with Crippen LogP contribution in [-0.4, -0.2) is 12.7 Å². The molecule has 0 fully saturated rings. The number of carbonyl (C=O) groups is 1. The van der Waals surface area contributed by atoms with E-state index >= 15 is 0 Å². The van der Waals surface area contributed by atoms with Crippen molar-refractivity contribution >= 4 is 11.8 Å². The Morgan fingerprint density at radius 3 is 2.73 bits per heavy atom. The summed E-state index contributed by atoms with van der Waals surface area (Å²) in [5.41, 5.74) is 1.13. The van der Waals surface area contributed by atoms with Crippen molar-refractivity contribution < 1.29 is 9.53 Å². The van der Waals surface area contributed by atoms with Crippen molar-refractivity contribution in [3.8, 4) is 6.07 Å². The predicted octanol–water partition coefficient (Wildman–Crippen LogP) is 2.29. The van der Waals surface area contributed by atoms with Gasteiger partial charge in [0.15, 0.2) is 0 Å². The van der Waals surface area contributed by atoms with Gasteiger partial charge in [-0.05, 0) is 24.3 Å². The molecule has 76 valence electrons. The number of carbonyl (C=O) groups excluding carboxylic acids is 1. The average Bonchev–Trinajstić information content (AvgIpc) is 2.27. The highest BCUT2D eigenvalue weighted by atomic mass is 16.5. The summed E-state index contributed by atoms with van der Waals surface area (Å²) in [6, 6.07) is 8.48. The standard InChI is InChI=1S/C11H10N2O2/c1-2-7-15-11(14)13-10-5-3-9(8-12)4-6-10/h2-6H,1,7H2,(H,13,14). The van der Waals surface area contributed by atoms with Gasteiger partial charge >= 0.3 is 6.09 Å². The molecule has 1 rings (SSSR count). The first-order chi connectivity index (χ1) is 7.26. The summed E-state index contributed by atoms with van der Waals surface area (Å²) in [5, 5.41) is 11.1. The maximum Gasteiger partial charge on any atom is 0.411 e. The third kappa shape index (κ3) is 3.53. The summed E-state index contributed by atoms with van der Waals surface area (Å²) in [7, 11) is 0. The average molecular weight is 202 g/mol. The van der Waals surface area contributed by atoms with Gasteiger partial charge in [0.1, 0.15) is 6.61 Å². The van der Waals surface area contributed by atoms with Crippen LogP contribution in [0.15, 0.2) is 36.9 Å². The predicted molar refractivity (Wildman–Crippen MR) is 56.3 cm³/mol. The summed E-state index contributed by atoms with van der Waals surface area (Å²) in [4.78, 5) is 11.1. The zero-order valence-electron chi connectivity index (χ0n) is 8.06. The maximum atomic E-state index is 11.1. The molecular formula is C11H10N2O2. The van der Waals surface area contributed by atoms with Crippen LogP contribution in [-0.2, 0) is 4.74 Å². The van der Waals surface area contributed by atoms with E-state index in [0.29, 0.717) is 11.3 Å². The molecule has 1 amide bonds. The first-order valence-electron chi connectivity index (χ1n) is 4.31. The lowest BCUT2D eigenvalue weighted by atomic mass is 10.2. The summed E-state index contributed by atoms with van der Waals surface area (Å²) in [6.45, 7) is 3.59.